The average Bonchev–Trinajstić information content (AvgIpc) is 2.28. The normalized spacial score (nSPS) is 11.2. The van der Waals surface area contributed by atoms with Crippen molar-refractivity contribution in [3.05, 3.63) is 30.3 Å². The maximum absolute atomic E-state index is 11.8. The fourth-order valence-electron chi connectivity index (χ4n) is 1.03. The molecule has 82 valence electrons. The smallest absolute Gasteiger partial charge is 0.257 e. The Labute approximate surface area is 94.2 Å². The van der Waals surface area contributed by atoms with Crippen molar-refractivity contribution in [1.29, 1.82) is 0 Å². The summed E-state index contributed by atoms with van der Waals surface area (Å²) >= 11 is 5.66. The minimum absolute atomic E-state index is 0.162. The first-order valence-corrected chi connectivity index (χ1v) is 5.17. The fourth-order valence-corrected chi connectivity index (χ4v) is 1.14. The van der Waals surface area contributed by atoms with Gasteiger partial charge in [0.1, 0.15) is 0 Å². The minimum Gasteiger partial charge on any atom is -0.281 e. The predicted octanol–water partition coefficient (Wildman–Crippen LogP) is 2.67. The van der Waals surface area contributed by atoms with Crippen molar-refractivity contribution in [3.8, 4) is 0 Å². The molecule has 0 unspecified atom stereocenters. The SMILES string of the molecule is CC(C)(CCl)C(=O)N(O)c1ccccc1. The van der Waals surface area contributed by atoms with Gasteiger partial charge in [0, 0.05) is 5.88 Å². The lowest BCUT2D eigenvalue weighted by atomic mass is 9.95. The molecule has 0 saturated heterocycles. The summed E-state index contributed by atoms with van der Waals surface area (Å²) in [7, 11) is 0. The number of halogens is 1. The first-order valence-electron chi connectivity index (χ1n) is 4.63. The van der Waals surface area contributed by atoms with E-state index in [2.05, 4.69) is 0 Å². The Bertz CT molecular complexity index is 338. The van der Waals surface area contributed by atoms with Crippen LogP contribution in [0, 0.1) is 5.41 Å². The Morgan fingerprint density at radius 1 is 1.40 bits per heavy atom. The molecule has 1 aromatic carbocycles. The molecular formula is C11H14ClNO2. The van der Waals surface area contributed by atoms with E-state index in [4.69, 9.17) is 11.6 Å². The number of alkyl halides is 1. The van der Waals surface area contributed by atoms with E-state index in [-0.39, 0.29) is 5.88 Å². The number of hydroxylamine groups is 1. The molecule has 0 aliphatic heterocycles. The van der Waals surface area contributed by atoms with Crippen LogP contribution in [-0.4, -0.2) is 17.0 Å². The van der Waals surface area contributed by atoms with Crippen molar-refractivity contribution in [2.24, 2.45) is 5.41 Å². The van der Waals surface area contributed by atoms with Crippen LogP contribution in [-0.2, 0) is 4.79 Å². The third-order valence-corrected chi connectivity index (χ3v) is 2.77. The molecule has 4 heteroatoms. The average molecular weight is 228 g/mol. The Morgan fingerprint density at radius 2 is 1.93 bits per heavy atom. The molecule has 1 rings (SSSR count). The first-order chi connectivity index (χ1) is 6.99. The van der Waals surface area contributed by atoms with Gasteiger partial charge in [-0.15, -0.1) is 11.6 Å². The number of anilines is 1. The van der Waals surface area contributed by atoms with Crippen molar-refractivity contribution in [2.45, 2.75) is 13.8 Å². The van der Waals surface area contributed by atoms with Gasteiger partial charge in [-0.05, 0) is 26.0 Å². The zero-order valence-electron chi connectivity index (χ0n) is 8.77. The topological polar surface area (TPSA) is 40.5 Å². The van der Waals surface area contributed by atoms with Crippen LogP contribution in [0.25, 0.3) is 0 Å². The third-order valence-electron chi connectivity index (χ3n) is 2.11. The number of nitrogens with zero attached hydrogens (tertiary/aromatic N) is 1. The first kappa shape index (κ1) is 12.0. The summed E-state index contributed by atoms with van der Waals surface area (Å²) in [6.07, 6.45) is 0. The predicted molar refractivity (Wildman–Crippen MR) is 60.2 cm³/mol. The number of hydrogen-bond donors (Lipinski definition) is 1. The molecule has 0 fully saturated rings. The van der Waals surface area contributed by atoms with Crippen LogP contribution in [0.4, 0.5) is 5.69 Å². The van der Waals surface area contributed by atoms with Gasteiger partial charge in [0.2, 0.25) is 0 Å². The summed E-state index contributed by atoms with van der Waals surface area (Å²) in [5.41, 5.74) is -0.327. The molecule has 0 aromatic heterocycles. The van der Waals surface area contributed by atoms with Gasteiger partial charge in [-0.2, -0.15) is 5.06 Å². The van der Waals surface area contributed by atoms with Crippen LogP contribution in [0.2, 0.25) is 0 Å². The van der Waals surface area contributed by atoms with Gasteiger partial charge in [0.25, 0.3) is 5.91 Å². The number of carbonyl (C=O) groups is 1. The largest absolute Gasteiger partial charge is 0.281 e. The van der Waals surface area contributed by atoms with Gasteiger partial charge < -0.3 is 0 Å². The second kappa shape index (κ2) is 4.64. The summed E-state index contributed by atoms with van der Waals surface area (Å²) in [6.45, 7) is 3.38. The van der Waals surface area contributed by atoms with Crippen LogP contribution < -0.4 is 5.06 Å². The highest BCUT2D eigenvalue weighted by atomic mass is 35.5. The van der Waals surface area contributed by atoms with Gasteiger partial charge >= 0.3 is 0 Å². The van der Waals surface area contributed by atoms with E-state index in [1.54, 1.807) is 38.1 Å². The minimum atomic E-state index is -0.772. The second-order valence-electron chi connectivity index (χ2n) is 3.97. The number of hydrogen-bond acceptors (Lipinski definition) is 2. The highest BCUT2D eigenvalue weighted by molar-refractivity contribution is 6.20. The van der Waals surface area contributed by atoms with E-state index in [9.17, 15) is 10.0 Å². The highest BCUT2D eigenvalue weighted by Crippen LogP contribution is 2.23. The van der Waals surface area contributed by atoms with Crippen molar-refractivity contribution < 1.29 is 10.0 Å². The molecule has 15 heavy (non-hydrogen) atoms. The number of rotatable bonds is 3. The Hall–Kier alpha value is -1.06. The lowest BCUT2D eigenvalue weighted by Crippen LogP contribution is -2.40. The van der Waals surface area contributed by atoms with E-state index in [0.717, 1.165) is 0 Å². The molecule has 0 spiro atoms. The molecular weight excluding hydrogens is 214 g/mol. The molecule has 0 aliphatic carbocycles. The molecule has 0 heterocycles. The molecule has 0 atom stereocenters. The van der Waals surface area contributed by atoms with Gasteiger partial charge in [-0.3, -0.25) is 10.0 Å². The monoisotopic (exact) mass is 227 g/mol. The van der Waals surface area contributed by atoms with Crippen LogP contribution in [0.3, 0.4) is 0 Å². The summed E-state index contributed by atoms with van der Waals surface area (Å²) in [5.74, 6) is -0.251. The Morgan fingerprint density at radius 3 is 2.40 bits per heavy atom. The zero-order valence-corrected chi connectivity index (χ0v) is 9.53. The van der Waals surface area contributed by atoms with E-state index < -0.39 is 11.3 Å². The summed E-state index contributed by atoms with van der Waals surface area (Å²) in [6, 6.07) is 8.62. The summed E-state index contributed by atoms with van der Waals surface area (Å²) in [5, 5.41) is 10.3. The summed E-state index contributed by atoms with van der Waals surface area (Å²) < 4.78 is 0. The van der Waals surface area contributed by atoms with Crippen LogP contribution in [0.5, 0.6) is 0 Å². The Balaban J connectivity index is 2.87. The summed E-state index contributed by atoms with van der Waals surface area (Å²) in [4.78, 5) is 11.8. The highest BCUT2D eigenvalue weighted by Gasteiger charge is 2.31. The van der Waals surface area contributed by atoms with Crippen molar-refractivity contribution >= 4 is 23.2 Å². The molecule has 1 amide bonds. The van der Waals surface area contributed by atoms with Crippen molar-refractivity contribution in [2.75, 3.05) is 10.9 Å². The Kier molecular flexibility index (Phi) is 3.72. The van der Waals surface area contributed by atoms with E-state index >= 15 is 0 Å². The van der Waals surface area contributed by atoms with Crippen LogP contribution >= 0.6 is 11.6 Å². The maximum Gasteiger partial charge on any atom is 0.257 e. The van der Waals surface area contributed by atoms with Crippen molar-refractivity contribution in [3.63, 3.8) is 0 Å². The third kappa shape index (κ3) is 2.70. The molecule has 0 saturated carbocycles. The molecule has 1 aromatic rings. The quantitative estimate of drug-likeness (QED) is 0.490. The maximum atomic E-state index is 11.8. The zero-order chi connectivity index (χ0) is 11.5. The number of para-hydroxylation sites is 1. The van der Waals surface area contributed by atoms with Gasteiger partial charge in [-0.25, -0.2) is 0 Å². The molecule has 0 aliphatic rings. The van der Waals surface area contributed by atoms with E-state index in [0.29, 0.717) is 10.8 Å². The van der Waals surface area contributed by atoms with E-state index in [1.165, 1.54) is 0 Å². The number of benzene rings is 1. The van der Waals surface area contributed by atoms with Gasteiger partial charge in [-0.1, -0.05) is 18.2 Å². The number of amides is 1. The van der Waals surface area contributed by atoms with Crippen LogP contribution in [0.1, 0.15) is 13.8 Å². The molecule has 1 N–H and O–H groups in total. The standard InChI is InChI=1S/C11H14ClNO2/c1-11(2,8-12)10(14)13(15)9-6-4-3-5-7-9/h3-7,15H,8H2,1-2H3. The van der Waals surface area contributed by atoms with Crippen molar-refractivity contribution in [1.82, 2.24) is 0 Å². The molecule has 3 nitrogen and oxygen atoms in total. The second-order valence-corrected chi connectivity index (χ2v) is 4.24. The van der Waals surface area contributed by atoms with Gasteiger partial charge in [0.15, 0.2) is 0 Å². The lowest BCUT2D eigenvalue weighted by molar-refractivity contribution is -0.130. The fraction of sp³-hybridized carbons (Fsp3) is 0.364. The van der Waals surface area contributed by atoms with E-state index in [1.807, 2.05) is 6.07 Å². The van der Waals surface area contributed by atoms with Crippen LogP contribution in [0.15, 0.2) is 30.3 Å². The molecule has 0 bridgehead atoms. The number of carbonyl (C=O) groups excluding carboxylic acids is 1. The van der Waals surface area contributed by atoms with Gasteiger partial charge in [0.05, 0.1) is 11.1 Å². The molecule has 0 radical (unpaired) electrons. The lowest BCUT2D eigenvalue weighted by Gasteiger charge is -2.25.